The number of halogens is 7. The second kappa shape index (κ2) is 59.2. The number of carboxylic acid groups (broad SMARTS) is 1. The third-order valence-electron chi connectivity index (χ3n) is 27.4. The first kappa shape index (κ1) is 119. The molecule has 13 amide bonds. The lowest BCUT2D eigenvalue weighted by molar-refractivity contribution is -0.117. The van der Waals surface area contributed by atoms with E-state index in [4.69, 9.17) is 97.9 Å². The number of hydrazine groups is 1. The number of pyridine rings is 4. The van der Waals surface area contributed by atoms with E-state index >= 15 is 0 Å². The fourth-order valence-corrected chi connectivity index (χ4v) is 23.9. The number of benzene rings is 1. The zero-order chi connectivity index (χ0) is 108. The predicted molar refractivity (Wildman–Crippen MR) is 595 cm³/mol. The number of fused-ring (bicyclic) bond motifs is 1. The standard InChI is InChI=1S/C29H33Cl2N7O2S.C28H40ClN5O4S.C24H32Cl2N6O3S.C22H30Cl2N6O2S/c1-18-15-24(30)35-26(31)25(18)27(39)32-11-7-19(2)37-12-8-21(9-13-37)38(16-20-10-14-41-17-20)29(40)36-28-33-22-5-3-4-6-23(22)34-28;1-5-6-13-34(28(38)31-17-22-7-8-23(39-22)27(36)37)21-10-14-33(15-11-21)19(3)9-12-30-26(35)25-18(2)16-24(29)32-20(25)4;1-15-11-19(25)30-22(26)21(15)23(34)28-7-3-16(2)31-8-4-18(5-9-31)32(13-17-6-10-36-14-17)24(35)29-12-20(27)33;1-14-11-18(23)27-20(24)19(14)21(31)26-7-3-15(2)29-8-4-17(5-9-29)30(22(32)28-25)12-16-6-10-33-13-16/h3-6,10,14-15,17,19,21H,7-9,11-13,16H2,1-2H3,(H,32,39)(H2,33,34,36,40);7-8,16,19,21H,5-6,9-15,17H2,1-4H3,(H,30,35)(H,31,38)(H,36,37);6,10-11,14,16,18H,3-5,7-9,12-13H2,1-2H3,(H2,27,33)(H,28,34)(H,29,35);6,10-11,13,15,17H,3-5,7-9,12,25H2,1-2H3,(H,26,31)(H,28,32)/t19-;;16-;15-/m1.11/s1. The summed E-state index contributed by atoms with van der Waals surface area (Å²) in [4.78, 5) is 167. The van der Waals surface area contributed by atoms with Crippen LogP contribution in [0.15, 0.2) is 111 Å². The monoisotopic (exact) mass is 2260 g/mol. The predicted octanol–water partition coefficient (Wildman–Crippen LogP) is 18.7. The number of carbonyl (C=O) groups is 10. The Morgan fingerprint density at radius 3 is 1.15 bits per heavy atom. The molecule has 10 aromatic rings. The molecule has 1 aromatic carbocycles. The summed E-state index contributed by atoms with van der Waals surface area (Å²) in [5.41, 5.74) is 17.6. The zero-order valence-electron chi connectivity index (χ0n) is 85.5. The lowest BCUT2D eigenvalue weighted by Crippen LogP contribution is -2.53. The van der Waals surface area contributed by atoms with Crippen molar-refractivity contribution in [3.05, 3.63) is 224 Å². The van der Waals surface area contributed by atoms with Gasteiger partial charge >= 0.3 is 30.1 Å². The van der Waals surface area contributed by atoms with Crippen LogP contribution < -0.4 is 54.2 Å². The molecule has 0 aliphatic carbocycles. The highest BCUT2D eigenvalue weighted by Crippen LogP contribution is 2.32. The van der Waals surface area contributed by atoms with E-state index in [-0.39, 0.29) is 126 Å². The maximum atomic E-state index is 13.5. The number of para-hydroxylation sites is 2. The molecule has 4 atom stereocenters. The van der Waals surface area contributed by atoms with E-state index in [1.807, 2.05) is 79.5 Å². The molecule has 0 radical (unpaired) electrons. The van der Waals surface area contributed by atoms with Crippen molar-refractivity contribution in [2.45, 2.75) is 234 Å². The first-order valence-corrected chi connectivity index (χ1v) is 56.4. The molecule has 0 saturated carbocycles. The number of imidazole rings is 1. The Morgan fingerprint density at radius 1 is 0.450 bits per heavy atom. The van der Waals surface area contributed by atoms with Gasteiger partial charge < -0.3 is 86.9 Å². The van der Waals surface area contributed by atoms with Crippen LogP contribution >= 0.6 is 127 Å². The molecule has 35 nitrogen and oxygen atoms in total. The number of thiophene rings is 4. The lowest BCUT2D eigenvalue weighted by atomic mass is 10.0. The maximum absolute atomic E-state index is 13.5. The highest BCUT2D eigenvalue weighted by Gasteiger charge is 2.37. The molecule has 0 bridgehead atoms. The van der Waals surface area contributed by atoms with Gasteiger partial charge in [-0.05, 0) is 284 Å². The Labute approximate surface area is 921 Å². The Morgan fingerprint density at radius 2 is 0.805 bits per heavy atom. The SMILES string of the molecule is CCCCN(C(=O)NCc1ccc(C(=O)O)s1)C1CCN(C(C)CCNC(=O)c2c(C)cc(Cl)nc2C)CC1.Cc1cc(Cl)nc(Cl)c1C(=O)NCC[C@@H](C)N1CCC(N(Cc2ccsc2)C(=O)NCC(N)=O)CC1.Cc1cc(Cl)nc(Cl)c1C(=O)NCC[C@@H](C)N1CCC(N(Cc2ccsc2)C(=O)NN)CC1.Cc1cc(Cl)nc(Cl)c1C(=O)NCC[C@@H](C)N1CCC(N(Cc2ccsc2)C(=O)Nc2nc3ccccc3[nH]2)CC1. The minimum Gasteiger partial charge on any atom is -0.477 e. The summed E-state index contributed by atoms with van der Waals surface area (Å²) in [5.74, 6) is 3.47. The number of likely N-dealkylation sites (tertiary alicyclic amines) is 4. The van der Waals surface area contributed by atoms with E-state index in [1.165, 1.54) is 11.3 Å². The van der Waals surface area contributed by atoms with Gasteiger partial charge in [-0.3, -0.25) is 34.7 Å². The first-order valence-electron chi connectivity index (χ1n) is 50.1. The van der Waals surface area contributed by atoms with Gasteiger partial charge in [0, 0.05) is 158 Å². The van der Waals surface area contributed by atoms with Crippen LogP contribution in [0, 0.1) is 34.6 Å². The molecule has 9 aromatic heterocycles. The van der Waals surface area contributed by atoms with E-state index in [0.717, 1.165) is 180 Å². The number of piperidine rings is 4. The quantitative estimate of drug-likeness (QED) is 0.00737. The number of aromatic nitrogens is 6. The van der Waals surface area contributed by atoms with Crippen molar-refractivity contribution < 1.29 is 53.1 Å². The summed E-state index contributed by atoms with van der Waals surface area (Å²) < 4.78 is 0. The normalized spacial score (nSPS) is 15.3. The van der Waals surface area contributed by atoms with Crippen molar-refractivity contribution in [2.24, 2.45) is 11.6 Å². The molecular weight excluding hydrogens is 2130 g/mol. The van der Waals surface area contributed by atoms with E-state index in [0.29, 0.717) is 127 Å². The largest absolute Gasteiger partial charge is 0.477 e. The number of primary amides is 1. The lowest BCUT2D eigenvalue weighted by Gasteiger charge is -2.40. The molecule has 4 saturated heterocycles. The van der Waals surface area contributed by atoms with Crippen molar-refractivity contribution in [1.82, 2.24) is 106 Å². The molecule has 14 rings (SSSR count). The van der Waals surface area contributed by atoms with Gasteiger partial charge in [-0.15, -0.1) is 11.3 Å². The number of nitrogens with two attached hydrogens (primary N) is 2. The number of unbranched alkanes of at least 4 members (excludes halogenated alkanes) is 1. The van der Waals surface area contributed by atoms with Crippen LogP contribution in [0.2, 0.25) is 36.1 Å². The maximum Gasteiger partial charge on any atom is 0.345 e. The number of carboxylic acids is 1. The number of nitrogens with one attached hydrogen (secondary N) is 9. The molecule has 13 heterocycles. The summed E-state index contributed by atoms with van der Waals surface area (Å²) in [5, 5.41) is 43.3. The van der Waals surface area contributed by atoms with Crippen molar-refractivity contribution in [1.29, 1.82) is 0 Å². The summed E-state index contributed by atoms with van der Waals surface area (Å²) in [7, 11) is 0. The van der Waals surface area contributed by atoms with Gasteiger partial charge in [-0.1, -0.05) is 107 Å². The number of H-pyrrole nitrogens is 1. The number of aromatic amines is 1. The van der Waals surface area contributed by atoms with Crippen LogP contribution in [0.4, 0.5) is 25.1 Å². The smallest absolute Gasteiger partial charge is 0.345 e. The summed E-state index contributed by atoms with van der Waals surface area (Å²) in [6, 6.07) is 24.5. The number of aryl methyl sites for hydroxylation is 5. The van der Waals surface area contributed by atoms with Crippen LogP contribution in [0.3, 0.4) is 0 Å². The van der Waals surface area contributed by atoms with Crippen LogP contribution in [-0.4, -0.2) is 274 Å². The van der Waals surface area contributed by atoms with Crippen LogP contribution in [0.5, 0.6) is 0 Å². The van der Waals surface area contributed by atoms with Crippen LogP contribution in [-0.2, 0) is 31.0 Å². The molecule has 0 spiro atoms. The fourth-order valence-electron chi connectivity index (χ4n) is 18.9. The number of rotatable bonds is 39. The Bertz CT molecular complexity index is 5980. The molecule has 1 unspecified atom stereocenters. The molecular formula is C103H135Cl7N24O11S4. The van der Waals surface area contributed by atoms with Crippen molar-refractivity contribution in [3.63, 3.8) is 0 Å². The van der Waals surface area contributed by atoms with E-state index in [9.17, 15) is 47.9 Å². The van der Waals surface area contributed by atoms with Gasteiger partial charge in [0.2, 0.25) is 11.9 Å². The van der Waals surface area contributed by atoms with Crippen LogP contribution in [0.25, 0.3) is 11.0 Å². The number of amides is 13. The number of hydrogen-bond acceptors (Lipinski definition) is 24. The Balaban J connectivity index is 0.000000189. The number of carbonyl (C=O) groups excluding carboxylic acids is 9. The summed E-state index contributed by atoms with van der Waals surface area (Å²) in [6.45, 7) is 31.2. The van der Waals surface area contributed by atoms with Gasteiger partial charge in [-0.2, -0.15) is 34.0 Å². The third-order valence-corrected chi connectivity index (χ3v) is 32.2. The second-order valence-corrected chi connectivity index (χ2v) is 43.9. The molecule has 4 fully saturated rings. The van der Waals surface area contributed by atoms with Gasteiger partial charge in [0.15, 0.2) is 0 Å². The van der Waals surface area contributed by atoms with E-state index in [2.05, 4.69) is 144 Å². The number of nitrogens with zero attached hydrogens (tertiary/aromatic N) is 13. The topological polar surface area (TPSA) is 445 Å². The molecule has 4 aliphatic rings. The Kier molecular flexibility index (Phi) is 47.3. The van der Waals surface area contributed by atoms with Crippen molar-refractivity contribution in [2.75, 3.05) is 96.9 Å². The highest BCUT2D eigenvalue weighted by molar-refractivity contribution is 7.14. The number of aromatic carboxylic acids is 1. The minimum absolute atomic E-state index is 0.0588. The van der Waals surface area contributed by atoms with Gasteiger partial charge in [0.25, 0.3) is 23.6 Å². The van der Waals surface area contributed by atoms with Crippen molar-refractivity contribution in [3.8, 4) is 0 Å². The van der Waals surface area contributed by atoms with Gasteiger partial charge in [-0.25, -0.2) is 54.7 Å². The second-order valence-electron chi connectivity index (χ2n) is 37.8. The van der Waals surface area contributed by atoms with Gasteiger partial charge in [0.1, 0.15) is 40.9 Å². The molecule has 4 aliphatic heterocycles. The summed E-state index contributed by atoms with van der Waals surface area (Å²) in [6.07, 6.45) is 12.0. The minimum atomic E-state index is -0.949. The fraction of sp³-hybridized carbons (Fsp3) is 0.485. The molecule has 149 heavy (non-hydrogen) atoms. The molecule has 14 N–H and O–H groups in total. The zero-order valence-corrected chi connectivity index (χ0v) is 94.1. The third kappa shape index (κ3) is 35.7. The first-order chi connectivity index (χ1) is 71.3. The number of hydrogen-bond donors (Lipinski definition) is 12. The number of urea groups is 4. The van der Waals surface area contributed by atoms with E-state index < -0.39 is 11.9 Å². The molecule has 46 heteroatoms. The average Bonchev–Trinajstić information content (AvgIpc) is 1.78. The van der Waals surface area contributed by atoms with Crippen LogP contribution in [0.1, 0.15) is 225 Å². The highest BCUT2D eigenvalue weighted by atomic mass is 35.5. The van der Waals surface area contributed by atoms with Gasteiger partial charge in [0.05, 0.1) is 52.1 Å². The average molecular weight is 2260 g/mol. The Hall–Kier alpha value is -10.2. The van der Waals surface area contributed by atoms with E-state index in [1.54, 1.807) is 103 Å². The van der Waals surface area contributed by atoms with Crippen molar-refractivity contribution >= 4 is 203 Å². The molecule has 806 valence electrons. The summed E-state index contributed by atoms with van der Waals surface area (Å²) >= 11 is 48.1. The number of anilines is 1.